The molecule has 3 rings (SSSR count). The van der Waals surface area contributed by atoms with Gasteiger partial charge in [-0.1, -0.05) is 6.07 Å². The first-order valence-corrected chi connectivity index (χ1v) is 8.70. The highest BCUT2D eigenvalue weighted by Crippen LogP contribution is 2.49. The van der Waals surface area contributed by atoms with Gasteiger partial charge in [-0.05, 0) is 38.5 Å². The molecule has 0 bridgehead atoms. The molecule has 0 N–H and O–H groups in total. The number of hydrogen-bond acceptors (Lipinski definition) is 6. The number of aryl methyl sites for hydroxylation is 1. The summed E-state index contributed by atoms with van der Waals surface area (Å²) < 4.78 is 11.3. The number of fused-ring (bicyclic) bond motifs is 1. The summed E-state index contributed by atoms with van der Waals surface area (Å²) in [7, 11) is 1.56. The Balaban J connectivity index is 2.33. The second-order valence-corrected chi connectivity index (χ2v) is 6.35. The van der Waals surface area contributed by atoms with E-state index in [1.165, 1.54) is 0 Å². The number of aliphatic imine (C=N–C) groups is 1. The molecular weight excluding hydrogens is 340 g/mol. The third-order valence-electron chi connectivity index (χ3n) is 4.73. The summed E-state index contributed by atoms with van der Waals surface area (Å²) in [4.78, 5) is 9.13. The number of pyridine rings is 1. The van der Waals surface area contributed by atoms with Gasteiger partial charge in [0.2, 0.25) is 5.88 Å². The lowest BCUT2D eigenvalue weighted by Crippen LogP contribution is -2.25. The molecule has 0 fully saturated rings. The van der Waals surface area contributed by atoms with Crippen molar-refractivity contribution in [2.45, 2.75) is 26.7 Å². The average molecular weight is 360 g/mol. The highest BCUT2D eigenvalue weighted by atomic mass is 16.5. The van der Waals surface area contributed by atoms with Crippen LogP contribution in [0.4, 0.5) is 5.69 Å². The van der Waals surface area contributed by atoms with E-state index in [9.17, 15) is 10.5 Å². The zero-order valence-electron chi connectivity index (χ0n) is 15.8. The van der Waals surface area contributed by atoms with Gasteiger partial charge >= 0.3 is 0 Å². The first-order chi connectivity index (χ1) is 13.0. The summed E-state index contributed by atoms with van der Waals surface area (Å²) in [6.07, 6.45) is 1.74. The number of aromatic nitrogens is 1. The maximum atomic E-state index is 9.89. The molecule has 2 aromatic rings. The summed E-state index contributed by atoms with van der Waals surface area (Å²) in [6, 6.07) is 9.76. The van der Waals surface area contributed by atoms with E-state index in [1.54, 1.807) is 25.4 Å². The number of rotatable bonds is 4. The number of nitriles is 2. The monoisotopic (exact) mass is 360 g/mol. The van der Waals surface area contributed by atoms with Crippen LogP contribution in [0.2, 0.25) is 0 Å². The van der Waals surface area contributed by atoms with Crippen molar-refractivity contribution >= 4 is 11.4 Å². The Labute approximate surface area is 158 Å². The molecule has 1 aromatic carbocycles. The molecule has 0 radical (unpaired) electrons. The zero-order chi connectivity index (χ0) is 19.6. The molecule has 0 spiro atoms. The minimum Gasteiger partial charge on any atom is -0.496 e. The molecule has 2 heterocycles. The van der Waals surface area contributed by atoms with Crippen LogP contribution in [-0.4, -0.2) is 24.4 Å². The smallest absolute Gasteiger partial charge is 0.219 e. The third-order valence-corrected chi connectivity index (χ3v) is 4.73. The summed E-state index contributed by atoms with van der Waals surface area (Å²) in [5, 5.41) is 19.1. The van der Waals surface area contributed by atoms with Crippen molar-refractivity contribution in [2.24, 2.45) is 10.9 Å². The van der Waals surface area contributed by atoms with Gasteiger partial charge in [0.15, 0.2) is 0 Å². The van der Waals surface area contributed by atoms with E-state index in [-0.39, 0.29) is 5.92 Å². The topological polar surface area (TPSA) is 91.3 Å². The van der Waals surface area contributed by atoms with Gasteiger partial charge in [-0.15, -0.1) is 0 Å². The van der Waals surface area contributed by atoms with Crippen LogP contribution >= 0.6 is 0 Å². The van der Waals surface area contributed by atoms with Crippen LogP contribution in [0.5, 0.6) is 11.6 Å². The van der Waals surface area contributed by atoms with Gasteiger partial charge in [-0.3, -0.25) is 4.99 Å². The SMILES string of the molecule is CCOc1ncc(C)c2c1C(c1ccc(C#N)cc1OC)C(C#N)C(C)=N2. The van der Waals surface area contributed by atoms with E-state index in [4.69, 9.17) is 9.47 Å². The lowest BCUT2D eigenvalue weighted by Gasteiger charge is -2.31. The number of nitrogens with zero attached hydrogens (tertiary/aromatic N) is 4. The maximum Gasteiger partial charge on any atom is 0.219 e. The Bertz CT molecular complexity index is 998. The predicted octanol–water partition coefficient (Wildman–Crippen LogP) is 4.05. The van der Waals surface area contributed by atoms with Crippen molar-refractivity contribution in [2.75, 3.05) is 13.7 Å². The number of hydrogen-bond donors (Lipinski definition) is 0. The molecule has 136 valence electrons. The number of ether oxygens (including phenoxy) is 2. The second kappa shape index (κ2) is 7.47. The molecule has 6 nitrogen and oxygen atoms in total. The maximum absolute atomic E-state index is 9.89. The summed E-state index contributed by atoms with van der Waals surface area (Å²) >= 11 is 0. The molecule has 0 aliphatic carbocycles. The standard InChI is InChI=1S/C21H20N4O2/c1-5-27-21-19-18(15-7-6-14(9-22)8-17(15)26-4)16(10-23)13(3)25-20(19)12(2)11-24-21/h6-8,11,16,18H,5H2,1-4H3. The van der Waals surface area contributed by atoms with Gasteiger partial charge in [0.05, 0.1) is 43.0 Å². The predicted molar refractivity (Wildman–Crippen MR) is 102 cm³/mol. The number of benzene rings is 1. The van der Waals surface area contributed by atoms with Crippen LogP contribution in [0.15, 0.2) is 29.4 Å². The van der Waals surface area contributed by atoms with E-state index < -0.39 is 5.92 Å². The first kappa shape index (κ1) is 18.4. The van der Waals surface area contributed by atoms with E-state index in [1.807, 2.05) is 26.8 Å². The van der Waals surface area contributed by atoms with Crippen LogP contribution in [-0.2, 0) is 0 Å². The van der Waals surface area contributed by atoms with Crippen molar-refractivity contribution in [3.05, 3.63) is 46.6 Å². The lowest BCUT2D eigenvalue weighted by atomic mass is 9.76. The lowest BCUT2D eigenvalue weighted by molar-refractivity contribution is 0.320. The molecule has 0 amide bonds. The molecule has 0 saturated heterocycles. The van der Waals surface area contributed by atoms with Gasteiger partial charge in [-0.25, -0.2) is 4.98 Å². The molecule has 1 aliphatic heterocycles. The minimum atomic E-state index is -0.484. The van der Waals surface area contributed by atoms with Crippen LogP contribution in [0.3, 0.4) is 0 Å². The second-order valence-electron chi connectivity index (χ2n) is 6.35. The van der Waals surface area contributed by atoms with Crippen molar-refractivity contribution < 1.29 is 9.47 Å². The molecule has 27 heavy (non-hydrogen) atoms. The summed E-state index contributed by atoms with van der Waals surface area (Å²) in [5.41, 5.74) is 4.54. The fraction of sp³-hybridized carbons (Fsp3) is 0.333. The fourth-order valence-corrected chi connectivity index (χ4v) is 3.47. The largest absolute Gasteiger partial charge is 0.496 e. The molecule has 6 heteroatoms. The van der Waals surface area contributed by atoms with Gasteiger partial charge in [0.25, 0.3) is 0 Å². The molecule has 2 unspecified atom stereocenters. The summed E-state index contributed by atoms with van der Waals surface area (Å²) in [6.45, 7) is 6.16. The Morgan fingerprint density at radius 3 is 2.63 bits per heavy atom. The number of methoxy groups -OCH3 is 1. The first-order valence-electron chi connectivity index (χ1n) is 8.70. The summed E-state index contributed by atoms with van der Waals surface area (Å²) in [5.74, 6) is 0.205. The van der Waals surface area contributed by atoms with E-state index >= 15 is 0 Å². The quantitative estimate of drug-likeness (QED) is 0.820. The van der Waals surface area contributed by atoms with Crippen molar-refractivity contribution in [1.82, 2.24) is 4.98 Å². The fourth-order valence-electron chi connectivity index (χ4n) is 3.47. The Hall–Kier alpha value is -3.38. The van der Waals surface area contributed by atoms with Gasteiger partial charge in [-0.2, -0.15) is 10.5 Å². The average Bonchev–Trinajstić information content (AvgIpc) is 2.69. The van der Waals surface area contributed by atoms with Gasteiger partial charge in [0, 0.05) is 29.0 Å². The molecular formula is C21H20N4O2. The van der Waals surface area contributed by atoms with Crippen molar-refractivity contribution in [3.63, 3.8) is 0 Å². The van der Waals surface area contributed by atoms with Crippen molar-refractivity contribution in [3.8, 4) is 23.8 Å². The van der Waals surface area contributed by atoms with Crippen LogP contribution < -0.4 is 9.47 Å². The normalized spacial score (nSPS) is 17.9. The molecule has 0 saturated carbocycles. The van der Waals surface area contributed by atoms with Gasteiger partial charge < -0.3 is 9.47 Å². The van der Waals surface area contributed by atoms with E-state index in [2.05, 4.69) is 22.1 Å². The zero-order valence-corrected chi connectivity index (χ0v) is 15.8. The highest BCUT2D eigenvalue weighted by molar-refractivity contribution is 5.94. The van der Waals surface area contributed by atoms with Crippen LogP contribution in [0, 0.1) is 35.5 Å². The molecule has 2 atom stereocenters. The van der Waals surface area contributed by atoms with Crippen LogP contribution in [0.1, 0.15) is 42.0 Å². The van der Waals surface area contributed by atoms with Crippen molar-refractivity contribution in [1.29, 1.82) is 10.5 Å². The Morgan fingerprint density at radius 1 is 1.22 bits per heavy atom. The van der Waals surface area contributed by atoms with E-state index in [0.29, 0.717) is 23.8 Å². The Morgan fingerprint density at radius 2 is 2.00 bits per heavy atom. The van der Waals surface area contributed by atoms with Crippen LogP contribution in [0.25, 0.3) is 0 Å². The molecule has 1 aliphatic rings. The Kier molecular flexibility index (Phi) is 5.09. The van der Waals surface area contributed by atoms with Gasteiger partial charge in [0.1, 0.15) is 5.75 Å². The minimum absolute atomic E-state index is 0.348. The third kappa shape index (κ3) is 3.11. The van der Waals surface area contributed by atoms with E-state index in [0.717, 1.165) is 28.1 Å². The molecule has 1 aromatic heterocycles. The highest BCUT2D eigenvalue weighted by Gasteiger charge is 2.38.